The monoisotopic (exact) mass is 503 g/mol. The van der Waals surface area contributed by atoms with Crippen molar-refractivity contribution in [2.75, 3.05) is 25.0 Å². The summed E-state index contributed by atoms with van der Waals surface area (Å²) in [6.07, 6.45) is 2.42. The second-order valence-corrected chi connectivity index (χ2v) is 10.8. The lowest BCUT2D eigenvalue weighted by Gasteiger charge is -2.35. The highest BCUT2D eigenvalue weighted by Gasteiger charge is 2.49. The van der Waals surface area contributed by atoms with Crippen molar-refractivity contribution in [3.63, 3.8) is 0 Å². The predicted molar refractivity (Wildman–Crippen MR) is 135 cm³/mol. The Hall–Kier alpha value is -2.28. The Morgan fingerprint density at radius 2 is 1.85 bits per heavy atom. The maximum atomic E-state index is 13.4. The molecular weight excluding hydrogens is 473 g/mol. The van der Waals surface area contributed by atoms with E-state index in [0.717, 1.165) is 30.5 Å². The number of fused-ring (bicyclic) bond motifs is 1. The number of rotatable bonds is 5. The Morgan fingerprint density at radius 1 is 1.15 bits per heavy atom. The summed E-state index contributed by atoms with van der Waals surface area (Å²) in [5.41, 5.74) is 0.599. The van der Waals surface area contributed by atoms with Gasteiger partial charge >= 0.3 is 6.09 Å². The Labute approximate surface area is 210 Å². The van der Waals surface area contributed by atoms with E-state index in [1.807, 2.05) is 51.1 Å². The molecule has 34 heavy (non-hydrogen) atoms. The van der Waals surface area contributed by atoms with E-state index in [2.05, 4.69) is 10.6 Å². The summed E-state index contributed by atoms with van der Waals surface area (Å²) in [5, 5.41) is 7.60. The van der Waals surface area contributed by atoms with Crippen LogP contribution in [-0.4, -0.2) is 42.1 Å². The highest BCUT2D eigenvalue weighted by Crippen LogP contribution is 2.44. The quantitative estimate of drug-likeness (QED) is 0.539. The Kier molecular flexibility index (Phi) is 7.13. The molecular formula is C26H31Cl2N3O3. The fourth-order valence-corrected chi connectivity index (χ4v) is 5.22. The number of hydrogen-bond acceptors (Lipinski definition) is 4. The second-order valence-electron chi connectivity index (χ2n) is 10.0. The van der Waals surface area contributed by atoms with E-state index in [1.165, 1.54) is 0 Å². The lowest BCUT2D eigenvalue weighted by atomic mass is 9.83. The maximum Gasteiger partial charge on any atom is 0.410 e. The van der Waals surface area contributed by atoms with Gasteiger partial charge in [-0.05, 0) is 76.8 Å². The number of anilines is 1. The van der Waals surface area contributed by atoms with Gasteiger partial charge in [0.25, 0.3) is 5.91 Å². The molecule has 0 aromatic heterocycles. The van der Waals surface area contributed by atoms with E-state index in [9.17, 15) is 9.59 Å². The molecule has 2 aromatic rings. The average molecular weight is 504 g/mol. The van der Waals surface area contributed by atoms with Gasteiger partial charge in [0, 0.05) is 39.9 Å². The Balaban J connectivity index is 1.46. The summed E-state index contributed by atoms with van der Waals surface area (Å²) < 4.78 is 5.50. The van der Waals surface area contributed by atoms with Crippen LogP contribution in [0, 0.1) is 5.92 Å². The largest absolute Gasteiger partial charge is 0.444 e. The van der Waals surface area contributed by atoms with Crippen molar-refractivity contribution in [1.82, 2.24) is 10.2 Å². The number of likely N-dealkylation sites (tertiary alicyclic amines) is 1. The zero-order valence-electron chi connectivity index (χ0n) is 19.8. The third-order valence-corrected chi connectivity index (χ3v) is 7.03. The third kappa shape index (κ3) is 5.04. The van der Waals surface area contributed by atoms with E-state index < -0.39 is 11.1 Å². The van der Waals surface area contributed by atoms with Crippen molar-refractivity contribution in [1.29, 1.82) is 0 Å². The van der Waals surface area contributed by atoms with Crippen LogP contribution in [0.25, 0.3) is 0 Å². The molecule has 1 fully saturated rings. The summed E-state index contributed by atoms with van der Waals surface area (Å²) in [5.74, 6) is 0.274. The SMILES string of the molecule is CC(C)(C)OC(=O)N1CCC(CCNC2(c3ccccc3Cl)C(=O)Nc3ccc(Cl)cc32)CC1. The molecule has 2 amide bonds. The normalized spacial score (nSPS) is 20.7. The van der Waals surface area contributed by atoms with E-state index >= 15 is 0 Å². The molecule has 6 nitrogen and oxygen atoms in total. The molecule has 0 saturated carbocycles. The van der Waals surface area contributed by atoms with Gasteiger partial charge in [-0.25, -0.2) is 4.79 Å². The number of halogens is 2. The number of nitrogens with one attached hydrogen (secondary N) is 2. The molecule has 2 N–H and O–H groups in total. The first-order valence-electron chi connectivity index (χ1n) is 11.7. The van der Waals surface area contributed by atoms with E-state index in [0.29, 0.717) is 41.2 Å². The van der Waals surface area contributed by atoms with Gasteiger partial charge in [-0.2, -0.15) is 0 Å². The number of nitrogens with zero attached hydrogens (tertiary/aromatic N) is 1. The molecule has 1 unspecified atom stereocenters. The number of carbonyl (C=O) groups excluding carboxylic acids is 2. The first-order chi connectivity index (χ1) is 16.1. The molecule has 0 bridgehead atoms. The van der Waals surface area contributed by atoms with Crippen molar-refractivity contribution in [2.45, 2.75) is 51.2 Å². The van der Waals surface area contributed by atoms with Gasteiger partial charge in [0.05, 0.1) is 0 Å². The predicted octanol–water partition coefficient (Wildman–Crippen LogP) is 5.82. The fourth-order valence-electron chi connectivity index (χ4n) is 4.77. The van der Waals surface area contributed by atoms with Crippen LogP contribution in [0.2, 0.25) is 10.0 Å². The number of amides is 2. The van der Waals surface area contributed by atoms with Crippen molar-refractivity contribution < 1.29 is 14.3 Å². The molecule has 2 aliphatic heterocycles. The minimum absolute atomic E-state index is 0.169. The molecule has 8 heteroatoms. The molecule has 1 atom stereocenters. The Morgan fingerprint density at radius 3 is 2.53 bits per heavy atom. The topological polar surface area (TPSA) is 70.7 Å². The minimum Gasteiger partial charge on any atom is -0.444 e. The van der Waals surface area contributed by atoms with Crippen molar-refractivity contribution >= 4 is 40.9 Å². The van der Waals surface area contributed by atoms with Gasteiger partial charge in [0.2, 0.25) is 0 Å². The molecule has 0 radical (unpaired) electrons. The summed E-state index contributed by atoms with van der Waals surface area (Å²) in [4.78, 5) is 27.5. The smallest absolute Gasteiger partial charge is 0.410 e. The zero-order valence-corrected chi connectivity index (χ0v) is 21.3. The lowest BCUT2D eigenvalue weighted by Crippen LogP contribution is -2.50. The van der Waals surface area contributed by atoms with E-state index in [1.54, 1.807) is 17.0 Å². The fraction of sp³-hybridized carbons (Fsp3) is 0.462. The van der Waals surface area contributed by atoms with Crippen LogP contribution >= 0.6 is 23.2 Å². The van der Waals surface area contributed by atoms with Crippen molar-refractivity contribution in [3.8, 4) is 0 Å². The molecule has 2 aliphatic rings. The van der Waals surface area contributed by atoms with Crippen LogP contribution in [0.1, 0.15) is 51.2 Å². The van der Waals surface area contributed by atoms with Crippen LogP contribution in [-0.2, 0) is 15.1 Å². The van der Waals surface area contributed by atoms with Gasteiger partial charge in [-0.15, -0.1) is 0 Å². The van der Waals surface area contributed by atoms with Gasteiger partial charge in [0.15, 0.2) is 5.54 Å². The first kappa shape index (κ1) is 24.8. The first-order valence-corrected chi connectivity index (χ1v) is 12.5. The number of ether oxygens (including phenoxy) is 1. The third-order valence-electron chi connectivity index (χ3n) is 6.46. The average Bonchev–Trinajstić information content (AvgIpc) is 3.05. The molecule has 2 aromatic carbocycles. The highest BCUT2D eigenvalue weighted by molar-refractivity contribution is 6.32. The molecule has 182 valence electrons. The minimum atomic E-state index is -1.12. The van der Waals surface area contributed by atoms with Gasteiger partial charge < -0.3 is 15.0 Å². The van der Waals surface area contributed by atoms with Gasteiger partial charge in [-0.3, -0.25) is 10.1 Å². The van der Waals surface area contributed by atoms with E-state index in [4.69, 9.17) is 27.9 Å². The van der Waals surface area contributed by atoms with Gasteiger partial charge in [0.1, 0.15) is 5.60 Å². The second kappa shape index (κ2) is 9.76. The standard InChI is InChI=1S/C26H31Cl2N3O3/c1-25(2,3)34-24(33)31-14-11-17(12-15-31)10-13-29-26(19-6-4-5-7-21(19)28)20-16-18(27)8-9-22(20)30-23(26)32/h4-9,16-17,29H,10-15H2,1-3H3,(H,30,32). The summed E-state index contributed by atoms with van der Waals surface area (Å²) in [6, 6.07) is 12.8. The maximum absolute atomic E-state index is 13.4. The number of benzene rings is 2. The van der Waals surface area contributed by atoms with Gasteiger partial charge in [-0.1, -0.05) is 41.4 Å². The van der Waals surface area contributed by atoms with E-state index in [-0.39, 0.29) is 12.0 Å². The molecule has 4 rings (SSSR count). The lowest BCUT2D eigenvalue weighted by molar-refractivity contribution is -0.120. The summed E-state index contributed by atoms with van der Waals surface area (Å²) >= 11 is 12.9. The van der Waals surface area contributed by atoms with Crippen LogP contribution < -0.4 is 10.6 Å². The van der Waals surface area contributed by atoms with Crippen LogP contribution in [0.4, 0.5) is 10.5 Å². The number of hydrogen-bond donors (Lipinski definition) is 2. The summed E-state index contributed by atoms with van der Waals surface area (Å²) in [7, 11) is 0. The van der Waals surface area contributed by atoms with Crippen molar-refractivity contribution in [2.24, 2.45) is 5.92 Å². The van der Waals surface area contributed by atoms with Crippen molar-refractivity contribution in [3.05, 3.63) is 63.6 Å². The Bertz CT molecular complexity index is 1080. The molecule has 0 aliphatic carbocycles. The number of carbonyl (C=O) groups is 2. The molecule has 0 spiro atoms. The van der Waals surface area contributed by atoms with Crippen LogP contribution in [0.5, 0.6) is 0 Å². The number of piperidine rings is 1. The summed E-state index contributed by atoms with van der Waals surface area (Å²) in [6.45, 7) is 7.60. The van der Waals surface area contributed by atoms with Crippen LogP contribution in [0.15, 0.2) is 42.5 Å². The van der Waals surface area contributed by atoms with Crippen LogP contribution in [0.3, 0.4) is 0 Å². The molecule has 1 saturated heterocycles. The highest BCUT2D eigenvalue weighted by atomic mass is 35.5. The zero-order chi connectivity index (χ0) is 24.5. The molecule has 2 heterocycles.